The van der Waals surface area contributed by atoms with Crippen molar-refractivity contribution in [3.05, 3.63) is 59.7 Å². The Morgan fingerprint density at radius 3 is 2.38 bits per heavy atom. The van der Waals surface area contributed by atoms with Gasteiger partial charge in [0.05, 0.1) is 6.54 Å². The van der Waals surface area contributed by atoms with Crippen LogP contribution in [0.3, 0.4) is 0 Å². The lowest BCUT2D eigenvalue weighted by molar-refractivity contribution is 0.0926. The maximum atomic E-state index is 12.7. The number of amides is 2. The van der Waals surface area contributed by atoms with Crippen LogP contribution in [-0.4, -0.2) is 62.5 Å². The molecule has 0 radical (unpaired) electrons. The zero-order valence-corrected chi connectivity index (χ0v) is 16.9. The number of carbonyl (C=O) groups excluding carboxylic acids is 2. The van der Waals surface area contributed by atoms with Gasteiger partial charge < -0.3 is 10.2 Å². The van der Waals surface area contributed by atoms with E-state index >= 15 is 0 Å². The average molecular weight is 393 g/mol. The number of ketones is 1. The highest BCUT2D eigenvalue weighted by molar-refractivity contribution is 5.99. The lowest BCUT2D eigenvalue weighted by Gasteiger charge is -2.36. The first-order valence-corrected chi connectivity index (χ1v) is 10.3. The molecule has 0 spiro atoms. The van der Waals surface area contributed by atoms with Crippen molar-refractivity contribution in [1.82, 2.24) is 10.2 Å². The van der Waals surface area contributed by atoms with Crippen molar-refractivity contribution in [3.8, 4) is 0 Å². The van der Waals surface area contributed by atoms with Gasteiger partial charge in [0, 0.05) is 56.2 Å². The minimum atomic E-state index is -0.0677. The number of hydrogen-bond donors (Lipinski definition) is 1. The molecule has 0 aliphatic carbocycles. The Morgan fingerprint density at radius 1 is 0.966 bits per heavy atom. The summed E-state index contributed by atoms with van der Waals surface area (Å²) in [4.78, 5) is 31.0. The van der Waals surface area contributed by atoms with Crippen LogP contribution in [0.2, 0.25) is 0 Å². The van der Waals surface area contributed by atoms with Crippen LogP contribution in [0.25, 0.3) is 0 Å². The smallest absolute Gasteiger partial charge is 0.321 e. The molecule has 2 aromatic rings. The topological polar surface area (TPSA) is 55.9 Å². The monoisotopic (exact) mass is 392 g/mol. The number of carbonyl (C=O) groups is 2. The summed E-state index contributed by atoms with van der Waals surface area (Å²) in [5.41, 5.74) is 4.12. The molecule has 0 bridgehead atoms. The number of anilines is 2. The summed E-state index contributed by atoms with van der Waals surface area (Å²) in [6, 6.07) is 15.8. The number of benzene rings is 2. The van der Waals surface area contributed by atoms with E-state index in [2.05, 4.69) is 46.3 Å². The number of urea groups is 1. The molecular formula is C23H28N4O2. The summed E-state index contributed by atoms with van der Waals surface area (Å²) in [5, 5.41) is 2.85. The molecule has 0 saturated carbocycles. The summed E-state index contributed by atoms with van der Waals surface area (Å²) in [7, 11) is 0. The lowest BCUT2D eigenvalue weighted by Crippen LogP contribution is -2.48. The number of nitrogens with zero attached hydrogens (tertiary/aromatic N) is 3. The summed E-state index contributed by atoms with van der Waals surface area (Å²) >= 11 is 0. The van der Waals surface area contributed by atoms with Crippen molar-refractivity contribution in [2.75, 3.05) is 55.6 Å². The molecule has 2 saturated heterocycles. The third-order valence-corrected chi connectivity index (χ3v) is 5.78. The minimum Gasteiger partial charge on any atom is -0.369 e. The number of aryl methyl sites for hydroxylation is 1. The number of Topliss-reactive ketones (excluding diaryl/α,β-unsaturated/α-hetero) is 1. The molecule has 6 nitrogen and oxygen atoms in total. The summed E-state index contributed by atoms with van der Waals surface area (Å²) < 4.78 is 0. The molecule has 4 rings (SSSR count). The van der Waals surface area contributed by atoms with Gasteiger partial charge in [-0.1, -0.05) is 18.2 Å². The van der Waals surface area contributed by atoms with Gasteiger partial charge in [-0.15, -0.1) is 0 Å². The molecule has 2 aliphatic rings. The van der Waals surface area contributed by atoms with Crippen molar-refractivity contribution < 1.29 is 9.59 Å². The first-order valence-electron chi connectivity index (χ1n) is 10.3. The standard InChI is InChI=1S/C23H28N4O2/c1-18-5-2-3-6-21(18)26-15-13-25(14-16-26)17-22(28)19-7-9-20(10-8-19)27-12-4-11-24-23(27)29/h2-3,5-10H,4,11-17H2,1H3,(H,24,29). The van der Waals surface area contributed by atoms with E-state index in [1.54, 1.807) is 4.90 Å². The number of rotatable bonds is 5. The lowest BCUT2D eigenvalue weighted by atomic mass is 10.1. The molecule has 2 heterocycles. The molecule has 0 unspecified atom stereocenters. The Hall–Kier alpha value is -2.86. The number of para-hydroxylation sites is 1. The molecule has 0 atom stereocenters. The van der Waals surface area contributed by atoms with Crippen molar-refractivity contribution in [2.24, 2.45) is 0 Å². The Morgan fingerprint density at radius 2 is 1.69 bits per heavy atom. The van der Waals surface area contributed by atoms with Gasteiger partial charge in [-0.2, -0.15) is 0 Å². The third-order valence-electron chi connectivity index (χ3n) is 5.78. The maximum Gasteiger partial charge on any atom is 0.321 e. The minimum absolute atomic E-state index is 0.0677. The molecule has 2 aromatic carbocycles. The normalized spacial score (nSPS) is 17.9. The van der Waals surface area contributed by atoms with Gasteiger partial charge in [0.25, 0.3) is 0 Å². The van der Waals surface area contributed by atoms with Gasteiger partial charge in [0.2, 0.25) is 0 Å². The largest absolute Gasteiger partial charge is 0.369 e. The molecule has 0 aromatic heterocycles. The Kier molecular flexibility index (Phi) is 5.81. The van der Waals surface area contributed by atoms with Crippen molar-refractivity contribution in [1.29, 1.82) is 0 Å². The van der Waals surface area contributed by atoms with Crippen LogP contribution in [0.5, 0.6) is 0 Å². The van der Waals surface area contributed by atoms with E-state index in [0.717, 1.165) is 44.8 Å². The maximum absolute atomic E-state index is 12.7. The highest BCUT2D eigenvalue weighted by atomic mass is 16.2. The fourth-order valence-electron chi connectivity index (χ4n) is 4.06. The predicted molar refractivity (Wildman–Crippen MR) is 116 cm³/mol. The van der Waals surface area contributed by atoms with Gasteiger partial charge in [-0.05, 0) is 49.2 Å². The summed E-state index contributed by atoms with van der Waals surface area (Å²) in [5.74, 6) is 0.129. The third kappa shape index (κ3) is 4.43. The van der Waals surface area contributed by atoms with Gasteiger partial charge in [-0.3, -0.25) is 14.6 Å². The average Bonchev–Trinajstić information content (AvgIpc) is 2.75. The van der Waals surface area contributed by atoms with Crippen LogP contribution in [0.1, 0.15) is 22.3 Å². The Balaban J connectivity index is 1.32. The Bertz CT molecular complexity index is 873. The van der Waals surface area contributed by atoms with Crippen LogP contribution in [-0.2, 0) is 0 Å². The van der Waals surface area contributed by atoms with Gasteiger partial charge in [0.1, 0.15) is 0 Å². The predicted octanol–water partition coefficient (Wildman–Crippen LogP) is 2.92. The van der Waals surface area contributed by atoms with Gasteiger partial charge in [0.15, 0.2) is 5.78 Å². The second-order valence-corrected chi connectivity index (χ2v) is 7.76. The van der Waals surface area contributed by atoms with Crippen LogP contribution in [0, 0.1) is 6.92 Å². The zero-order chi connectivity index (χ0) is 20.2. The van der Waals surface area contributed by atoms with E-state index in [0.29, 0.717) is 18.7 Å². The van der Waals surface area contributed by atoms with Gasteiger partial charge in [-0.25, -0.2) is 4.79 Å². The number of piperazine rings is 1. The number of nitrogens with one attached hydrogen (secondary N) is 1. The molecule has 29 heavy (non-hydrogen) atoms. The summed E-state index contributed by atoms with van der Waals surface area (Å²) in [6.07, 6.45) is 0.931. The van der Waals surface area contributed by atoms with E-state index in [4.69, 9.17) is 0 Å². The molecule has 1 N–H and O–H groups in total. The van der Waals surface area contributed by atoms with Crippen molar-refractivity contribution >= 4 is 23.2 Å². The molecule has 2 amide bonds. The highest BCUT2D eigenvalue weighted by Crippen LogP contribution is 2.21. The zero-order valence-electron chi connectivity index (χ0n) is 16.9. The van der Waals surface area contributed by atoms with Crippen LogP contribution in [0.4, 0.5) is 16.2 Å². The van der Waals surface area contributed by atoms with E-state index in [-0.39, 0.29) is 11.8 Å². The van der Waals surface area contributed by atoms with E-state index in [1.807, 2.05) is 24.3 Å². The van der Waals surface area contributed by atoms with E-state index in [9.17, 15) is 9.59 Å². The molecular weight excluding hydrogens is 364 g/mol. The van der Waals surface area contributed by atoms with Crippen molar-refractivity contribution in [3.63, 3.8) is 0 Å². The van der Waals surface area contributed by atoms with E-state index in [1.165, 1.54) is 11.3 Å². The SMILES string of the molecule is Cc1ccccc1N1CCN(CC(=O)c2ccc(N3CCCNC3=O)cc2)CC1. The second kappa shape index (κ2) is 8.66. The second-order valence-electron chi connectivity index (χ2n) is 7.76. The quantitative estimate of drug-likeness (QED) is 0.795. The first kappa shape index (κ1) is 19.5. The number of hydrogen-bond acceptors (Lipinski definition) is 4. The van der Waals surface area contributed by atoms with Crippen LogP contribution in [0.15, 0.2) is 48.5 Å². The van der Waals surface area contributed by atoms with Crippen LogP contribution < -0.4 is 15.1 Å². The van der Waals surface area contributed by atoms with E-state index < -0.39 is 0 Å². The first-order chi connectivity index (χ1) is 14.1. The summed E-state index contributed by atoms with van der Waals surface area (Å²) in [6.45, 7) is 7.64. The fourth-order valence-corrected chi connectivity index (χ4v) is 4.06. The molecule has 2 aliphatic heterocycles. The van der Waals surface area contributed by atoms with Gasteiger partial charge >= 0.3 is 6.03 Å². The fraction of sp³-hybridized carbons (Fsp3) is 0.391. The molecule has 2 fully saturated rings. The molecule has 152 valence electrons. The van der Waals surface area contributed by atoms with Crippen molar-refractivity contribution in [2.45, 2.75) is 13.3 Å². The Labute approximate surface area is 172 Å². The molecule has 6 heteroatoms. The highest BCUT2D eigenvalue weighted by Gasteiger charge is 2.22. The van der Waals surface area contributed by atoms with Crippen LogP contribution >= 0.6 is 0 Å².